The molecule has 0 saturated heterocycles. The lowest BCUT2D eigenvalue weighted by atomic mass is 10.2. The van der Waals surface area contributed by atoms with Gasteiger partial charge in [-0.15, -0.1) is 6.58 Å². The van der Waals surface area contributed by atoms with Crippen LogP contribution in [0.2, 0.25) is 0 Å². The molecule has 0 aromatic carbocycles. The Kier molecular flexibility index (Phi) is 20.3. The summed E-state index contributed by atoms with van der Waals surface area (Å²) >= 11 is 0. The van der Waals surface area contributed by atoms with Crippen LogP contribution in [0.1, 0.15) is 41.5 Å². The lowest BCUT2D eigenvalue weighted by molar-refractivity contribution is 1.20. The molecule has 16 heavy (non-hydrogen) atoms. The lowest BCUT2D eigenvalue weighted by Crippen LogP contribution is -1.70. The molecule has 0 aliphatic rings. The summed E-state index contributed by atoms with van der Waals surface area (Å²) in [6, 6.07) is 0. The van der Waals surface area contributed by atoms with Crippen molar-refractivity contribution in [1.29, 1.82) is 0 Å². The molecule has 0 N–H and O–H groups in total. The van der Waals surface area contributed by atoms with Crippen LogP contribution >= 0.6 is 0 Å². The topological polar surface area (TPSA) is 0 Å². The Morgan fingerprint density at radius 1 is 1.12 bits per heavy atom. The molecule has 0 heteroatoms. The van der Waals surface area contributed by atoms with Crippen LogP contribution in [0.25, 0.3) is 0 Å². The maximum absolute atomic E-state index is 3.88. The Morgan fingerprint density at radius 2 is 1.62 bits per heavy atom. The van der Waals surface area contributed by atoms with Gasteiger partial charge < -0.3 is 0 Å². The quantitative estimate of drug-likeness (QED) is 0.411. The summed E-state index contributed by atoms with van der Waals surface area (Å²) < 4.78 is 0. The summed E-state index contributed by atoms with van der Waals surface area (Å²) in [5.74, 6) is 0. The summed E-state index contributed by atoms with van der Waals surface area (Å²) in [6.07, 6.45) is 13.1. The zero-order valence-electron chi connectivity index (χ0n) is 10.6. The summed E-state index contributed by atoms with van der Waals surface area (Å²) in [5.41, 5.74) is 2.34. The van der Waals surface area contributed by atoms with Crippen molar-refractivity contribution < 1.29 is 0 Å². The number of hydrogen-bond acceptors (Lipinski definition) is 0. The van der Waals surface area contributed by atoms with E-state index in [1.807, 2.05) is 32.1 Å². The van der Waals surface area contributed by atoms with E-state index in [-0.39, 0.29) is 7.43 Å². The normalized spacial score (nSPS) is 10.6. The van der Waals surface area contributed by atoms with Gasteiger partial charge in [-0.05, 0) is 32.8 Å². The Morgan fingerprint density at radius 3 is 2.00 bits per heavy atom. The first-order valence-electron chi connectivity index (χ1n) is 5.35. The Hall–Kier alpha value is -1.30. The van der Waals surface area contributed by atoms with Crippen LogP contribution in [0.5, 0.6) is 0 Å². The second-order valence-electron chi connectivity index (χ2n) is 3.17. The van der Waals surface area contributed by atoms with Crippen molar-refractivity contribution in [2.75, 3.05) is 0 Å². The van der Waals surface area contributed by atoms with Crippen LogP contribution < -0.4 is 0 Å². The fourth-order valence-electron chi connectivity index (χ4n) is 0.898. The third kappa shape index (κ3) is 18.5. The van der Waals surface area contributed by atoms with Crippen molar-refractivity contribution in [3.8, 4) is 0 Å². The van der Waals surface area contributed by atoms with Gasteiger partial charge in [-0.3, -0.25) is 0 Å². The summed E-state index contributed by atoms with van der Waals surface area (Å²) in [6.45, 7) is 15.4. The molecule has 0 heterocycles. The SMILES string of the molecule is C.C=C(/C=C\C(C)=C/CC)/C=C/C.C=CC. The first kappa shape index (κ1) is 20.2. The van der Waals surface area contributed by atoms with Gasteiger partial charge in [0.05, 0.1) is 0 Å². The van der Waals surface area contributed by atoms with Crippen molar-refractivity contribution in [2.24, 2.45) is 0 Å². The minimum absolute atomic E-state index is 0. The van der Waals surface area contributed by atoms with E-state index in [1.165, 1.54) is 5.57 Å². The molecular weight excluding hydrogens is 192 g/mol. The van der Waals surface area contributed by atoms with Crippen molar-refractivity contribution in [3.63, 3.8) is 0 Å². The van der Waals surface area contributed by atoms with Crippen molar-refractivity contribution in [2.45, 2.75) is 41.5 Å². The standard InChI is InChI=1S/C12H18.C3H6.CH4/c1-5-7-11(3)9-10-12(4)8-6-2;1-3-2;/h5,7-10H,3,6H2,1-2,4H3;3H,1H2,2H3;1H4/b7-5+,10-9-,12-8-;;. The van der Waals surface area contributed by atoms with Crippen LogP contribution in [0.4, 0.5) is 0 Å². The van der Waals surface area contributed by atoms with Gasteiger partial charge in [0.15, 0.2) is 0 Å². The summed E-state index contributed by atoms with van der Waals surface area (Å²) in [5, 5.41) is 0. The molecule has 0 amide bonds. The maximum Gasteiger partial charge on any atom is -0.0332 e. The molecule has 0 aliphatic heterocycles. The highest BCUT2D eigenvalue weighted by atomic mass is 13.9. The van der Waals surface area contributed by atoms with Gasteiger partial charge in [-0.2, -0.15) is 0 Å². The highest BCUT2D eigenvalue weighted by molar-refractivity contribution is 5.31. The molecule has 0 rings (SSSR count). The molecule has 0 aromatic rings. The van der Waals surface area contributed by atoms with E-state index in [1.54, 1.807) is 6.08 Å². The highest BCUT2D eigenvalue weighted by Crippen LogP contribution is 2.01. The average molecular weight is 220 g/mol. The second-order valence-corrected chi connectivity index (χ2v) is 3.17. The molecule has 0 atom stereocenters. The molecule has 0 nitrogen and oxygen atoms in total. The van der Waals surface area contributed by atoms with Crippen LogP contribution in [0, 0.1) is 0 Å². The Labute approximate surface area is 103 Å². The number of rotatable bonds is 4. The molecule has 0 saturated carbocycles. The van der Waals surface area contributed by atoms with E-state index in [0.717, 1.165) is 12.0 Å². The first-order chi connectivity index (χ1) is 7.12. The smallest absolute Gasteiger partial charge is 0.0332 e. The fraction of sp³-hybridized carbons (Fsp3) is 0.375. The predicted molar refractivity (Wildman–Crippen MR) is 79.7 cm³/mol. The molecule has 92 valence electrons. The van der Waals surface area contributed by atoms with Crippen molar-refractivity contribution >= 4 is 0 Å². The highest BCUT2D eigenvalue weighted by Gasteiger charge is 1.80. The third-order valence-corrected chi connectivity index (χ3v) is 1.47. The zero-order chi connectivity index (χ0) is 12.1. The summed E-state index contributed by atoms with van der Waals surface area (Å²) in [7, 11) is 0. The predicted octanol–water partition coefficient (Wildman–Crippen LogP) is 5.86. The van der Waals surface area contributed by atoms with E-state index < -0.39 is 0 Å². The minimum atomic E-state index is 0. The third-order valence-electron chi connectivity index (χ3n) is 1.47. The van der Waals surface area contributed by atoms with Gasteiger partial charge in [0, 0.05) is 0 Å². The van der Waals surface area contributed by atoms with Gasteiger partial charge >= 0.3 is 0 Å². The van der Waals surface area contributed by atoms with Crippen LogP contribution in [0.15, 0.2) is 60.8 Å². The minimum Gasteiger partial charge on any atom is -0.103 e. The van der Waals surface area contributed by atoms with Crippen LogP contribution in [0.3, 0.4) is 0 Å². The number of allylic oxidation sites excluding steroid dienone is 8. The maximum atomic E-state index is 3.88. The molecule has 0 spiro atoms. The molecule has 0 radical (unpaired) electrons. The van der Waals surface area contributed by atoms with Gasteiger partial charge in [0.1, 0.15) is 0 Å². The van der Waals surface area contributed by atoms with Gasteiger partial charge in [0.2, 0.25) is 0 Å². The zero-order valence-corrected chi connectivity index (χ0v) is 10.6. The van der Waals surface area contributed by atoms with E-state index >= 15 is 0 Å². The first-order valence-corrected chi connectivity index (χ1v) is 5.35. The van der Waals surface area contributed by atoms with E-state index in [2.05, 4.69) is 39.2 Å². The van der Waals surface area contributed by atoms with E-state index in [0.29, 0.717) is 0 Å². The van der Waals surface area contributed by atoms with Gasteiger partial charge in [0.25, 0.3) is 0 Å². The Balaban J connectivity index is -0.000000377. The molecular formula is C16H28. The molecule has 0 bridgehead atoms. The summed E-state index contributed by atoms with van der Waals surface area (Å²) in [4.78, 5) is 0. The van der Waals surface area contributed by atoms with Crippen molar-refractivity contribution in [3.05, 3.63) is 60.8 Å². The molecule has 0 aromatic heterocycles. The average Bonchev–Trinajstić information content (AvgIpc) is 2.17. The van der Waals surface area contributed by atoms with E-state index in [4.69, 9.17) is 0 Å². The number of hydrogen-bond donors (Lipinski definition) is 0. The second kappa shape index (κ2) is 16.1. The molecule has 0 fully saturated rings. The van der Waals surface area contributed by atoms with Crippen molar-refractivity contribution in [1.82, 2.24) is 0 Å². The van der Waals surface area contributed by atoms with Crippen LogP contribution in [-0.2, 0) is 0 Å². The lowest BCUT2D eigenvalue weighted by Gasteiger charge is -1.90. The van der Waals surface area contributed by atoms with Gasteiger partial charge in [-0.25, -0.2) is 0 Å². The molecule has 0 aliphatic carbocycles. The largest absolute Gasteiger partial charge is 0.103 e. The molecule has 0 unspecified atom stereocenters. The van der Waals surface area contributed by atoms with E-state index in [9.17, 15) is 0 Å². The van der Waals surface area contributed by atoms with Gasteiger partial charge in [-0.1, -0.05) is 63.0 Å². The monoisotopic (exact) mass is 220 g/mol. The Bertz CT molecular complexity index is 245. The van der Waals surface area contributed by atoms with Crippen LogP contribution in [-0.4, -0.2) is 0 Å². The fourth-order valence-corrected chi connectivity index (χ4v) is 0.898.